The van der Waals surface area contributed by atoms with Crippen molar-refractivity contribution >= 4 is 0 Å². The lowest BCUT2D eigenvalue weighted by Gasteiger charge is -1.94. The average Bonchev–Trinajstić information content (AvgIpc) is 1.88. The van der Waals surface area contributed by atoms with E-state index in [1.165, 1.54) is 0 Å². The third kappa shape index (κ3) is 1.72. The van der Waals surface area contributed by atoms with E-state index < -0.39 is 0 Å². The van der Waals surface area contributed by atoms with Crippen molar-refractivity contribution in [1.29, 1.82) is 0 Å². The Morgan fingerprint density at radius 2 is 2.50 bits per heavy atom. The molecule has 0 aromatic carbocycles. The molecule has 0 amide bonds. The molecule has 0 saturated carbocycles. The van der Waals surface area contributed by atoms with Crippen molar-refractivity contribution in [2.24, 2.45) is 0 Å². The van der Waals surface area contributed by atoms with Gasteiger partial charge in [-0.3, -0.25) is 4.79 Å². The molecular formula is C8H10NO. The Bertz CT molecular complexity index is 251. The van der Waals surface area contributed by atoms with E-state index in [0.29, 0.717) is 0 Å². The van der Waals surface area contributed by atoms with Crippen molar-refractivity contribution in [2.75, 3.05) is 0 Å². The van der Waals surface area contributed by atoms with E-state index in [1.807, 2.05) is 6.07 Å². The third-order valence-electron chi connectivity index (χ3n) is 1.29. The first-order valence-electron chi connectivity index (χ1n) is 3.43. The van der Waals surface area contributed by atoms with Crippen LogP contribution < -0.4 is 5.56 Å². The lowest BCUT2D eigenvalue weighted by molar-refractivity contribution is 0.874. The molecule has 0 unspecified atom stereocenters. The maximum Gasteiger partial charge on any atom is 0.256 e. The summed E-state index contributed by atoms with van der Waals surface area (Å²) in [6.07, 6.45) is 1.99. The van der Waals surface area contributed by atoms with Gasteiger partial charge in [0.15, 0.2) is 0 Å². The minimum Gasteiger partial charge on any atom is -0.326 e. The molecule has 1 heterocycles. The van der Waals surface area contributed by atoms with Crippen LogP contribution in [0.4, 0.5) is 0 Å². The molecule has 1 rings (SSSR count). The quantitative estimate of drug-likeness (QED) is 0.649. The number of pyridine rings is 1. The third-order valence-corrected chi connectivity index (χ3v) is 1.29. The van der Waals surface area contributed by atoms with Gasteiger partial charge in [-0.15, -0.1) is 0 Å². The molecule has 0 saturated heterocycles. The number of rotatable bonds is 2. The molecule has 2 heteroatoms. The molecule has 0 fully saturated rings. The molecule has 10 heavy (non-hydrogen) atoms. The zero-order valence-electron chi connectivity index (χ0n) is 5.98. The topological polar surface area (TPSA) is 32.9 Å². The molecule has 0 bridgehead atoms. The van der Waals surface area contributed by atoms with Gasteiger partial charge in [0.2, 0.25) is 0 Å². The van der Waals surface area contributed by atoms with Gasteiger partial charge >= 0.3 is 0 Å². The molecule has 0 atom stereocenters. The summed E-state index contributed by atoms with van der Waals surface area (Å²) in [5.74, 6) is 0. The van der Waals surface area contributed by atoms with Crippen molar-refractivity contribution in [3.8, 4) is 0 Å². The van der Waals surface area contributed by atoms with Crippen LogP contribution in [0.5, 0.6) is 0 Å². The molecule has 53 valence electrons. The van der Waals surface area contributed by atoms with E-state index in [1.54, 1.807) is 6.07 Å². The number of hydrogen-bond donors (Lipinski definition) is 1. The van der Waals surface area contributed by atoms with Gasteiger partial charge < -0.3 is 4.98 Å². The van der Waals surface area contributed by atoms with Gasteiger partial charge in [0, 0.05) is 5.69 Å². The highest BCUT2D eigenvalue weighted by molar-refractivity contribution is 5.02. The van der Waals surface area contributed by atoms with E-state index in [0.717, 1.165) is 18.5 Å². The van der Waals surface area contributed by atoms with Crippen LogP contribution in [0.15, 0.2) is 16.9 Å². The first-order valence-corrected chi connectivity index (χ1v) is 3.43. The van der Waals surface area contributed by atoms with Gasteiger partial charge in [0.25, 0.3) is 5.56 Å². The molecule has 1 N–H and O–H groups in total. The lowest BCUT2D eigenvalue weighted by atomic mass is 10.2. The van der Waals surface area contributed by atoms with E-state index >= 15 is 0 Å². The molecular weight excluding hydrogens is 126 g/mol. The monoisotopic (exact) mass is 136 g/mol. The molecule has 1 radical (unpaired) electrons. The largest absolute Gasteiger partial charge is 0.326 e. The number of H-pyrrole nitrogens is 1. The van der Waals surface area contributed by atoms with Gasteiger partial charge in [0.1, 0.15) is 0 Å². The van der Waals surface area contributed by atoms with E-state index in [-0.39, 0.29) is 5.56 Å². The minimum atomic E-state index is -0.133. The van der Waals surface area contributed by atoms with Crippen LogP contribution in [0.1, 0.15) is 19.0 Å². The fourth-order valence-electron chi connectivity index (χ4n) is 0.857. The van der Waals surface area contributed by atoms with Crippen molar-refractivity contribution in [1.82, 2.24) is 4.98 Å². The number of aromatic amines is 1. The normalized spacial score (nSPS) is 9.70. The Morgan fingerprint density at radius 3 is 3.10 bits per heavy atom. The van der Waals surface area contributed by atoms with Gasteiger partial charge in [-0.1, -0.05) is 13.3 Å². The summed E-state index contributed by atoms with van der Waals surface area (Å²) in [7, 11) is 0. The Hall–Kier alpha value is -1.05. The van der Waals surface area contributed by atoms with Gasteiger partial charge in [-0.25, -0.2) is 0 Å². The van der Waals surface area contributed by atoms with E-state index in [9.17, 15) is 4.79 Å². The predicted molar refractivity (Wildman–Crippen MR) is 39.9 cm³/mol. The van der Waals surface area contributed by atoms with Crippen LogP contribution in [-0.4, -0.2) is 4.98 Å². The predicted octanol–water partition coefficient (Wildman–Crippen LogP) is 1.13. The second-order valence-electron chi connectivity index (χ2n) is 2.21. The SMILES string of the molecule is CCCc1cc[c]c(=O)[nH]1. The van der Waals surface area contributed by atoms with E-state index in [4.69, 9.17) is 0 Å². The minimum absolute atomic E-state index is 0.133. The summed E-state index contributed by atoms with van der Waals surface area (Å²) < 4.78 is 0. The summed E-state index contributed by atoms with van der Waals surface area (Å²) in [4.78, 5) is 13.4. The number of nitrogens with one attached hydrogen (secondary N) is 1. The summed E-state index contributed by atoms with van der Waals surface area (Å²) in [5, 5.41) is 0. The highest BCUT2D eigenvalue weighted by atomic mass is 16.1. The molecule has 0 spiro atoms. The van der Waals surface area contributed by atoms with Crippen molar-refractivity contribution in [3.05, 3.63) is 34.2 Å². The molecule has 0 aliphatic rings. The summed E-state index contributed by atoms with van der Waals surface area (Å²) >= 11 is 0. The summed E-state index contributed by atoms with van der Waals surface area (Å²) in [5.41, 5.74) is 0.859. The number of aryl methyl sites for hydroxylation is 1. The molecule has 1 aromatic rings. The standard InChI is InChI=1S/C8H10NO/c1-2-4-7-5-3-6-8(10)9-7/h3,5H,2,4H2,1H3,(H,9,10). The zero-order chi connectivity index (χ0) is 7.40. The highest BCUT2D eigenvalue weighted by Gasteiger charge is 1.88. The second kappa shape index (κ2) is 3.20. The molecule has 0 aliphatic heterocycles. The Kier molecular flexibility index (Phi) is 2.26. The first-order chi connectivity index (χ1) is 4.83. The van der Waals surface area contributed by atoms with Crippen LogP contribution in [0.3, 0.4) is 0 Å². The van der Waals surface area contributed by atoms with Crippen molar-refractivity contribution in [3.63, 3.8) is 0 Å². The highest BCUT2D eigenvalue weighted by Crippen LogP contribution is 1.93. The first kappa shape index (κ1) is 7.06. The summed E-state index contributed by atoms with van der Waals surface area (Å²) in [6.45, 7) is 2.08. The molecule has 0 aliphatic carbocycles. The average molecular weight is 136 g/mol. The van der Waals surface area contributed by atoms with Crippen molar-refractivity contribution in [2.45, 2.75) is 19.8 Å². The molecule has 2 nitrogen and oxygen atoms in total. The smallest absolute Gasteiger partial charge is 0.256 e. The maximum atomic E-state index is 10.7. The van der Waals surface area contributed by atoms with Crippen LogP contribution in [0.25, 0.3) is 0 Å². The summed E-state index contributed by atoms with van der Waals surface area (Å²) in [6, 6.07) is 6.06. The Morgan fingerprint density at radius 1 is 1.70 bits per heavy atom. The zero-order valence-corrected chi connectivity index (χ0v) is 5.98. The Labute approximate surface area is 59.9 Å². The van der Waals surface area contributed by atoms with Crippen LogP contribution in [0, 0.1) is 6.07 Å². The van der Waals surface area contributed by atoms with Gasteiger partial charge in [-0.2, -0.15) is 0 Å². The van der Waals surface area contributed by atoms with Crippen LogP contribution >= 0.6 is 0 Å². The number of hydrogen-bond acceptors (Lipinski definition) is 1. The fraction of sp³-hybridized carbons (Fsp3) is 0.375. The van der Waals surface area contributed by atoms with E-state index in [2.05, 4.69) is 18.0 Å². The lowest BCUT2D eigenvalue weighted by Crippen LogP contribution is -2.06. The van der Waals surface area contributed by atoms with Gasteiger partial charge in [-0.05, 0) is 18.6 Å². The van der Waals surface area contributed by atoms with Crippen LogP contribution in [0.2, 0.25) is 0 Å². The maximum absolute atomic E-state index is 10.7. The molecule has 1 aromatic heterocycles. The number of aromatic nitrogens is 1. The second-order valence-corrected chi connectivity index (χ2v) is 2.21. The van der Waals surface area contributed by atoms with Gasteiger partial charge in [0.05, 0.1) is 6.07 Å². The van der Waals surface area contributed by atoms with Crippen LogP contribution in [-0.2, 0) is 6.42 Å². The fourth-order valence-corrected chi connectivity index (χ4v) is 0.857. The Balaban J connectivity index is 2.85. The van der Waals surface area contributed by atoms with Crippen molar-refractivity contribution < 1.29 is 0 Å².